The molecular formula is C38H57N7O13. The summed E-state index contributed by atoms with van der Waals surface area (Å²) in [4.78, 5) is 85.3. The van der Waals surface area contributed by atoms with E-state index in [9.17, 15) is 54.0 Å². The Kier molecular flexibility index (Phi) is 24.5. The number of nitrogens with two attached hydrogens (primary N) is 1. The van der Waals surface area contributed by atoms with Crippen LogP contribution in [0.5, 0.6) is 11.5 Å². The molecule has 2 aromatic rings. The van der Waals surface area contributed by atoms with Crippen LogP contribution in [0.25, 0.3) is 0 Å². The Morgan fingerprint density at radius 2 is 1.26 bits per heavy atom. The van der Waals surface area contributed by atoms with Gasteiger partial charge in [0, 0.05) is 69.8 Å². The van der Waals surface area contributed by atoms with Gasteiger partial charge in [-0.05, 0) is 55.9 Å². The van der Waals surface area contributed by atoms with E-state index in [1.807, 2.05) is 5.32 Å². The Morgan fingerprint density at radius 1 is 0.655 bits per heavy atom. The van der Waals surface area contributed by atoms with Crippen LogP contribution in [0.15, 0.2) is 30.3 Å². The van der Waals surface area contributed by atoms with Crippen LogP contribution in [0.4, 0.5) is 4.79 Å². The molecule has 0 atom stereocenters. The minimum Gasteiger partial charge on any atom is -0.508 e. The number of aliphatic carboxylic acids is 4. The number of nitrogens with one attached hydrogen (secondary N) is 3. The van der Waals surface area contributed by atoms with Crippen molar-refractivity contribution < 1.29 is 64.2 Å². The van der Waals surface area contributed by atoms with E-state index in [2.05, 4.69) is 28.3 Å². The number of aryl methyl sites for hydroxylation is 2. The number of rotatable bonds is 28. The Balaban J connectivity index is 0.00000189. The molecule has 0 unspecified atom stereocenters. The normalized spacial score (nSPS) is 10.7. The number of phenols is 1. The summed E-state index contributed by atoms with van der Waals surface area (Å²) in [7, 11) is 0. The van der Waals surface area contributed by atoms with E-state index in [-0.39, 0.29) is 80.9 Å². The number of aromatic nitrogens is 1. The summed E-state index contributed by atoms with van der Waals surface area (Å²) in [6.45, 7) is 2.12. The van der Waals surface area contributed by atoms with Crippen LogP contribution in [0.1, 0.15) is 80.8 Å². The minimum absolute atomic E-state index is 0.0112. The minimum atomic E-state index is -1.14. The van der Waals surface area contributed by atoms with Crippen molar-refractivity contribution in [3.63, 3.8) is 0 Å². The number of carbonyl (C=O) groups excluding carboxylic acids is 3. The number of aromatic hydroxyl groups is 2. The monoisotopic (exact) mass is 819 g/mol. The average molecular weight is 820 g/mol. The van der Waals surface area contributed by atoms with Gasteiger partial charge in [-0.2, -0.15) is 0 Å². The predicted octanol–water partition coefficient (Wildman–Crippen LogP) is 1.25. The van der Waals surface area contributed by atoms with Gasteiger partial charge in [0.05, 0.1) is 18.8 Å². The molecular weight excluding hydrogens is 762 g/mol. The highest BCUT2D eigenvalue weighted by atomic mass is 16.4. The van der Waals surface area contributed by atoms with Crippen molar-refractivity contribution in [2.24, 2.45) is 5.73 Å². The number of carbonyl (C=O) groups is 7. The number of pyridine rings is 1. The second kappa shape index (κ2) is 28.4. The van der Waals surface area contributed by atoms with E-state index in [4.69, 9.17) is 10.2 Å². The zero-order valence-corrected chi connectivity index (χ0v) is 32.8. The number of phenolic OH excluding ortho intramolecular Hbond substituents is 1. The Morgan fingerprint density at radius 3 is 1.83 bits per heavy atom. The maximum Gasteiger partial charge on any atom is 0.323 e. The average Bonchev–Trinajstić information content (AvgIpc) is 3.14. The number of hydrogen-bond donors (Lipinski definition) is 10. The number of nitrogens with zero attached hydrogens (tertiary/aromatic N) is 3. The first kappa shape index (κ1) is 50.0. The molecule has 0 saturated heterocycles. The summed E-state index contributed by atoms with van der Waals surface area (Å²) in [5, 5.41) is 64.4. The van der Waals surface area contributed by atoms with Crippen LogP contribution < -0.4 is 21.7 Å². The Hall–Kier alpha value is -6.02. The summed E-state index contributed by atoms with van der Waals surface area (Å²) < 4.78 is 0. The quantitative estimate of drug-likeness (QED) is 0.0540. The lowest BCUT2D eigenvalue weighted by atomic mass is 10.0. The third-order valence-corrected chi connectivity index (χ3v) is 8.27. The van der Waals surface area contributed by atoms with Gasteiger partial charge in [0.25, 0.3) is 0 Å². The molecule has 0 aliphatic carbocycles. The smallest absolute Gasteiger partial charge is 0.323 e. The molecule has 1 heterocycles. The van der Waals surface area contributed by atoms with Crippen LogP contribution in [0.2, 0.25) is 0 Å². The number of unbranched alkanes of at least 4 members (excludes halogenated alkanes) is 3. The van der Waals surface area contributed by atoms with Crippen molar-refractivity contribution in [2.75, 3.05) is 45.8 Å². The maximum atomic E-state index is 12.4. The van der Waals surface area contributed by atoms with Gasteiger partial charge in [0.15, 0.2) is 0 Å². The number of benzene rings is 1. The first-order valence-corrected chi connectivity index (χ1v) is 18.9. The third kappa shape index (κ3) is 24.5. The van der Waals surface area contributed by atoms with Crippen LogP contribution in [-0.2, 0) is 54.7 Å². The lowest BCUT2D eigenvalue weighted by Crippen LogP contribution is -2.39. The molecule has 0 fully saturated rings. The summed E-state index contributed by atoms with van der Waals surface area (Å²) in [5.41, 5.74) is 6.33. The van der Waals surface area contributed by atoms with Crippen LogP contribution >= 0.6 is 0 Å². The van der Waals surface area contributed by atoms with Crippen LogP contribution in [-0.4, -0.2) is 133 Å². The number of carboxylic acid groups (broad SMARTS) is 4. The van der Waals surface area contributed by atoms with E-state index in [1.165, 1.54) is 21.9 Å². The Labute approximate surface area is 336 Å². The number of primary amides is 1. The van der Waals surface area contributed by atoms with Crippen molar-refractivity contribution >= 4 is 41.7 Å². The van der Waals surface area contributed by atoms with Crippen molar-refractivity contribution in [1.82, 2.24) is 30.7 Å². The molecule has 20 heteroatoms. The molecule has 58 heavy (non-hydrogen) atoms. The first-order chi connectivity index (χ1) is 27.5. The summed E-state index contributed by atoms with van der Waals surface area (Å²) in [6.07, 6.45) is 5.34. The molecule has 0 saturated carbocycles. The van der Waals surface area contributed by atoms with Gasteiger partial charge >= 0.3 is 29.9 Å². The van der Waals surface area contributed by atoms with Gasteiger partial charge in [-0.15, -0.1) is 0 Å². The van der Waals surface area contributed by atoms with Crippen LogP contribution in [0, 0.1) is 0 Å². The second-order valence-corrected chi connectivity index (χ2v) is 13.3. The summed E-state index contributed by atoms with van der Waals surface area (Å²) in [5.74, 6) is -4.70. The lowest BCUT2D eigenvalue weighted by molar-refractivity contribution is -0.140. The lowest BCUT2D eigenvalue weighted by Gasteiger charge is -2.26. The molecule has 11 N–H and O–H groups in total. The van der Waals surface area contributed by atoms with Gasteiger partial charge < -0.3 is 52.3 Å². The van der Waals surface area contributed by atoms with Gasteiger partial charge in [-0.3, -0.25) is 43.6 Å². The molecule has 2 rings (SSSR count). The van der Waals surface area contributed by atoms with E-state index >= 15 is 0 Å². The van der Waals surface area contributed by atoms with Gasteiger partial charge in [-0.1, -0.05) is 31.9 Å². The highest BCUT2D eigenvalue weighted by Crippen LogP contribution is 2.22. The fourth-order valence-corrected chi connectivity index (χ4v) is 5.31. The second-order valence-electron chi connectivity index (χ2n) is 13.3. The number of carboxylic acids is 4. The zero-order chi connectivity index (χ0) is 43.5. The number of amides is 4. The van der Waals surface area contributed by atoms with Gasteiger partial charge in [0.2, 0.25) is 11.8 Å². The van der Waals surface area contributed by atoms with E-state index < -0.39 is 49.5 Å². The van der Waals surface area contributed by atoms with E-state index in [0.717, 1.165) is 32.1 Å². The predicted molar refractivity (Wildman–Crippen MR) is 209 cm³/mol. The van der Waals surface area contributed by atoms with Crippen molar-refractivity contribution in [1.29, 1.82) is 0 Å². The van der Waals surface area contributed by atoms with Crippen molar-refractivity contribution in [3.8, 4) is 11.5 Å². The molecule has 322 valence electrons. The van der Waals surface area contributed by atoms with E-state index in [0.29, 0.717) is 36.3 Å². The molecule has 0 aliphatic heterocycles. The molecule has 1 aromatic carbocycles. The van der Waals surface area contributed by atoms with Crippen molar-refractivity contribution in [2.45, 2.75) is 84.2 Å². The standard InChI is InChI=1S/C35H51N5O10.C3H6N2O3/c1-2-3-16-36-31(43)7-5-4-6-17-37-32(44)14-11-27-10-13-30(42)28(38-27)22-40(24-35(49)50)19-18-39(23-34(47)48)21-26-20-25(8-12-29(26)41)9-15-33(45)46;4-3(8)5-1-2(6)7/h8,10,12-13,20,41-42H,2-7,9,11,14-19,21-24H2,1H3,(H,36,43)(H,37,44)(H,45,46)(H,47,48)(H,49,50);1H2,(H,6,7)(H3,4,5,8). The molecule has 4 amide bonds. The van der Waals surface area contributed by atoms with Crippen LogP contribution in [0.3, 0.4) is 0 Å². The largest absolute Gasteiger partial charge is 0.508 e. The molecule has 0 spiro atoms. The third-order valence-electron chi connectivity index (χ3n) is 8.27. The van der Waals surface area contributed by atoms with E-state index in [1.54, 1.807) is 18.2 Å². The summed E-state index contributed by atoms with van der Waals surface area (Å²) >= 11 is 0. The maximum absolute atomic E-state index is 12.4. The van der Waals surface area contributed by atoms with Crippen molar-refractivity contribution in [3.05, 3.63) is 52.8 Å². The SMILES string of the molecule is CCCCNC(=O)CCCCCNC(=O)CCc1ccc(O)c(CN(CCN(CC(=O)O)Cc2cc(CCC(=O)O)ccc2O)CC(=O)O)n1.NC(=O)NCC(=O)O. The molecule has 1 aromatic heterocycles. The van der Waals surface area contributed by atoms with Gasteiger partial charge in [-0.25, -0.2) is 4.79 Å². The molecule has 20 nitrogen and oxygen atoms in total. The fourth-order valence-electron chi connectivity index (χ4n) is 5.31. The molecule has 0 aliphatic rings. The topological polar surface area (TPSA) is 322 Å². The molecule has 0 radical (unpaired) electrons. The summed E-state index contributed by atoms with van der Waals surface area (Å²) in [6, 6.07) is 6.84. The fraction of sp³-hybridized carbons (Fsp3) is 0.526. The Bertz CT molecular complexity index is 1640. The highest BCUT2D eigenvalue weighted by molar-refractivity contribution is 5.78. The number of urea groups is 1. The highest BCUT2D eigenvalue weighted by Gasteiger charge is 2.19. The number of hydrogen-bond acceptors (Lipinski definition) is 12. The molecule has 0 bridgehead atoms. The first-order valence-electron chi connectivity index (χ1n) is 18.9. The van der Waals surface area contributed by atoms with Gasteiger partial charge in [0.1, 0.15) is 18.0 Å². The zero-order valence-electron chi connectivity index (χ0n) is 32.8.